The Morgan fingerprint density at radius 3 is 1.95 bits per heavy atom. The average molecular weight is 262 g/mol. The lowest BCUT2D eigenvalue weighted by atomic mass is 9.73. The van der Waals surface area contributed by atoms with Crippen molar-refractivity contribution in [1.29, 1.82) is 0 Å². The first kappa shape index (κ1) is 16.2. The molecule has 19 heavy (non-hydrogen) atoms. The molecule has 2 heteroatoms. The Morgan fingerprint density at radius 1 is 1.05 bits per heavy atom. The standard InChI is InChI=1S/C17H30N2/c1-6-16(19(7-2)8-3)17(18,14(4)5)15-12-10-9-11-13-15/h9-14,16H,6-8,18H2,1-5H3. The Hall–Kier alpha value is -0.860. The molecular weight excluding hydrogens is 232 g/mol. The fourth-order valence-corrected chi connectivity index (χ4v) is 3.20. The Balaban J connectivity index is 3.24. The molecule has 2 atom stereocenters. The highest BCUT2D eigenvalue weighted by Crippen LogP contribution is 2.34. The second kappa shape index (κ2) is 7.06. The van der Waals surface area contributed by atoms with Crippen LogP contribution in [0.25, 0.3) is 0 Å². The zero-order valence-corrected chi connectivity index (χ0v) is 13.2. The Kier molecular flexibility index (Phi) is 6.02. The lowest BCUT2D eigenvalue weighted by molar-refractivity contribution is 0.0925. The maximum absolute atomic E-state index is 6.93. The van der Waals surface area contributed by atoms with Crippen molar-refractivity contribution in [1.82, 2.24) is 4.90 Å². The molecule has 0 saturated carbocycles. The molecule has 0 saturated heterocycles. The van der Waals surface area contributed by atoms with Crippen LogP contribution in [0, 0.1) is 5.92 Å². The van der Waals surface area contributed by atoms with Gasteiger partial charge in [-0.25, -0.2) is 0 Å². The molecule has 0 radical (unpaired) electrons. The monoisotopic (exact) mass is 262 g/mol. The SMILES string of the molecule is CCC(N(CC)CC)C(N)(c1ccccc1)C(C)C. The fraction of sp³-hybridized carbons (Fsp3) is 0.647. The van der Waals surface area contributed by atoms with E-state index in [0.717, 1.165) is 19.5 Å². The lowest BCUT2D eigenvalue weighted by Crippen LogP contribution is -2.58. The first-order valence-corrected chi connectivity index (χ1v) is 7.60. The molecule has 0 fully saturated rings. The molecule has 2 unspecified atom stereocenters. The van der Waals surface area contributed by atoms with Crippen molar-refractivity contribution >= 4 is 0 Å². The zero-order valence-electron chi connectivity index (χ0n) is 13.2. The van der Waals surface area contributed by atoms with E-state index >= 15 is 0 Å². The van der Waals surface area contributed by atoms with Crippen LogP contribution >= 0.6 is 0 Å². The van der Waals surface area contributed by atoms with Gasteiger partial charge in [-0.2, -0.15) is 0 Å². The third-order valence-electron chi connectivity index (χ3n) is 4.42. The first-order valence-electron chi connectivity index (χ1n) is 7.60. The molecule has 0 heterocycles. The number of hydrogen-bond donors (Lipinski definition) is 1. The van der Waals surface area contributed by atoms with Gasteiger partial charge in [0.15, 0.2) is 0 Å². The van der Waals surface area contributed by atoms with Crippen molar-refractivity contribution in [3.05, 3.63) is 35.9 Å². The van der Waals surface area contributed by atoms with Crippen molar-refractivity contribution in [2.24, 2.45) is 11.7 Å². The van der Waals surface area contributed by atoms with Crippen LogP contribution in [0.5, 0.6) is 0 Å². The van der Waals surface area contributed by atoms with Crippen LogP contribution in [0.15, 0.2) is 30.3 Å². The number of benzene rings is 1. The van der Waals surface area contributed by atoms with Gasteiger partial charge in [-0.3, -0.25) is 4.90 Å². The van der Waals surface area contributed by atoms with Crippen molar-refractivity contribution in [3.63, 3.8) is 0 Å². The summed E-state index contributed by atoms with van der Waals surface area (Å²) in [5, 5.41) is 0. The van der Waals surface area contributed by atoms with Gasteiger partial charge in [0.05, 0.1) is 5.54 Å². The predicted octanol–water partition coefficient (Wildman–Crippen LogP) is 3.62. The zero-order chi connectivity index (χ0) is 14.5. The normalized spacial score (nSPS) is 16.6. The quantitative estimate of drug-likeness (QED) is 0.813. The minimum absolute atomic E-state index is 0.290. The van der Waals surface area contributed by atoms with Gasteiger partial charge in [-0.05, 0) is 31.0 Å². The van der Waals surface area contributed by atoms with E-state index in [1.807, 2.05) is 0 Å². The van der Waals surface area contributed by atoms with Crippen molar-refractivity contribution in [3.8, 4) is 0 Å². The molecule has 1 aromatic rings. The van der Waals surface area contributed by atoms with Gasteiger partial charge in [0.2, 0.25) is 0 Å². The average Bonchev–Trinajstić information content (AvgIpc) is 2.44. The fourth-order valence-electron chi connectivity index (χ4n) is 3.20. The summed E-state index contributed by atoms with van der Waals surface area (Å²) in [6.45, 7) is 13.3. The molecule has 0 amide bonds. The van der Waals surface area contributed by atoms with Crippen LogP contribution in [-0.2, 0) is 5.54 Å². The maximum Gasteiger partial charge on any atom is 0.0590 e. The number of rotatable bonds is 7. The van der Waals surface area contributed by atoms with E-state index in [1.54, 1.807) is 0 Å². The minimum atomic E-state index is -0.290. The van der Waals surface area contributed by atoms with Gasteiger partial charge < -0.3 is 5.73 Å². The predicted molar refractivity (Wildman–Crippen MR) is 84.1 cm³/mol. The molecule has 0 spiro atoms. The molecule has 1 aromatic carbocycles. The Labute approximate surface area is 119 Å². The molecule has 0 aromatic heterocycles. The van der Waals surface area contributed by atoms with Crippen LogP contribution in [0.3, 0.4) is 0 Å². The summed E-state index contributed by atoms with van der Waals surface area (Å²) >= 11 is 0. The van der Waals surface area contributed by atoms with Crippen LogP contribution in [-0.4, -0.2) is 24.0 Å². The van der Waals surface area contributed by atoms with E-state index in [2.05, 4.69) is 69.9 Å². The third kappa shape index (κ3) is 3.18. The first-order chi connectivity index (χ1) is 9.02. The van der Waals surface area contributed by atoms with E-state index in [9.17, 15) is 0 Å². The summed E-state index contributed by atoms with van der Waals surface area (Å²) in [4.78, 5) is 2.49. The molecule has 0 aliphatic heterocycles. The number of likely N-dealkylation sites (N-methyl/N-ethyl adjacent to an activating group) is 1. The summed E-state index contributed by atoms with van der Waals surface area (Å²) < 4.78 is 0. The van der Waals surface area contributed by atoms with Crippen molar-refractivity contribution < 1.29 is 0 Å². The van der Waals surface area contributed by atoms with Crippen LogP contribution in [0.1, 0.15) is 46.6 Å². The van der Waals surface area contributed by atoms with E-state index in [1.165, 1.54) is 5.56 Å². The second-order valence-corrected chi connectivity index (χ2v) is 5.60. The van der Waals surface area contributed by atoms with E-state index in [0.29, 0.717) is 12.0 Å². The van der Waals surface area contributed by atoms with Gasteiger partial charge in [0.1, 0.15) is 0 Å². The molecule has 0 bridgehead atoms. The maximum atomic E-state index is 6.93. The topological polar surface area (TPSA) is 29.3 Å². The molecule has 0 aliphatic carbocycles. The van der Waals surface area contributed by atoms with Gasteiger partial charge in [-0.1, -0.05) is 65.0 Å². The van der Waals surface area contributed by atoms with Crippen LogP contribution in [0.4, 0.5) is 0 Å². The summed E-state index contributed by atoms with van der Waals surface area (Å²) in [5.41, 5.74) is 7.89. The van der Waals surface area contributed by atoms with E-state index in [4.69, 9.17) is 5.73 Å². The minimum Gasteiger partial charge on any atom is -0.320 e. The van der Waals surface area contributed by atoms with Gasteiger partial charge in [-0.15, -0.1) is 0 Å². The van der Waals surface area contributed by atoms with Crippen LogP contribution in [0.2, 0.25) is 0 Å². The highest BCUT2D eigenvalue weighted by Gasteiger charge is 2.40. The third-order valence-corrected chi connectivity index (χ3v) is 4.42. The molecule has 2 nitrogen and oxygen atoms in total. The molecule has 1 rings (SSSR count). The number of hydrogen-bond acceptors (Lipinski definition) is 2. The summed E-state index contributed by atoms with van der Waals surface area (Å²) in [6, 6.07) is 11.0. The smallest absolute Gasteiger partial charge is 0.0590 e. The van der Waals surface area contributed by atoms with Crippen molar-refractivity contribution in [2.45, 2.75) is 52.6 Å². The van der Waals surface area contributed by atoms with E-state index < -0.39 is 0 Å². The Bertz CT molecular complexity index is 357. The van der Waals surface area contributed by atoms with E-state index in [-0.39, 0.29) is 5.54 Å². The molecule has 108 valence electrons. The second-order valence-electron chi connectivity index (χ2n) is 5.60. The number of nitrogens with two attached hydrogens (primary N) is 1. The Morgan fingerprint density at radius 2 is 1.58 bits per heavy atom. The number of nitrogens with zero attached hydrogens (tertiary/aromatic N) is 1. The van der Waals surface area contributed by atoms with Gasteiger partial charge >= 0.3 is 0 Å². The summed E-state index contributed by atoms with van der Waals surface area (Å²) in [6.07, 6.45) is 1.07. The lowest BCUT2D eigenvalue weighted by Gasteiger charge is -2.46. The highest BCUT2D eigenvalue weighted by atomic mass is 15.2. The molecular formula is C17H30N2. The van der Waals surface area contributed by atoms with Gasteiger partial charge in [0.25, 0.3) is 0 Å². The highest BCUT2D eigenvalue weighted by molar-refractivity contribution is 5.27. The molecule has 2 N–H and O–H groups in total. The molecule has 0 aliphatic rings. The largest absolute Gasteiger partial charge is 0.320 e. The summed E-state index contributed by atoms with van der Waals surface area (Å²) in [5.74, 6) is 0.403. The van der Waals surface area contributed by atoms with Gasteiger partial charge in [0, 0.05) is 6.04 Å². The van der Waals surface area contributed by atoms with Crippen LogP contribution < -0.4 is 5.73 Å². The van der Waals surface area contributed by atoms with Crippen molar-refractivity contribution in [2.75, 3.05) is 13.1 Å². The summed E-state index contributed by atoms with van der Waals surface area (Å²) in [7, 11) is 0.